The maximum Gasteiger partial charge on any atom is 0.248 e. The molecule has 3 heteroatoms. The van der Waals surface area contributed by atoms with E-state index in [9.17, 15) is 4.79 Å². The van der Waals surface area contributed by atoms with E-state index in [1.807, 2.05) is 0 Å². The lowest BCUT2D eigenvalue weighted by atomic mass is 9.88. The van der Waals surface area contributed by atoms with Crippen LogP contribution in [0.5, 0.6) is 0 Å². The van der Waals surface area contributed by atoms with Crippen LogP contribution in [0.25, 0.3) is 0 Å². The van der Waals surface area contributed by atoms with Crippen molar-refractivity contribution in [2.24, 2.45) is 16.4 Å². The summed E-state index contributed by atoms with van der Waals surface area (Å²) in [6, 6.07) is 0. The summed E-state index contributed by atoms with van der Waals surface area (Å²) in [5.74, 6) is 0.771. The van der Waals surface area contributed by atoms with Gasteiger partial charge < -0.3 is 0 Å². The van der Waals surface area contributed by atoms with Crippen LogP contribution in [0.1, 0.15) is 47.5 Å². The highest BCUT2D eigenvalue weighted by Gasteiger charge is 2.30. The summed E-state index contributed by atoms with van der Waals surface area (Å²) in [4.78, 5) is 11.7. The van der Waals surface area contributed by atoms with Crippen molar-refractivity contribution in [2.75, 3.05) is 6.54 Å². The second-order valence-corrected chi connectivity index (χ2v) is 5.67. The SMILES string of the molecule is CC(C)CCN1N=C(C(C)(C)C)CC1=O. The standard InChI is InChI=1S/C12H22N2O/c1-9(2)6-7-14-11(15)8-10(13-14)12(3,4)5/h9H,6-8H2,1-5H3. The monoisotopic (exact) mass is 210 g/mol. The van der Waals surface area contributed by atoms with Crippen molar-refractivity contribution < 1.29 is 4.79 Å². The molecule has 0 aliphatic carbocycles. The normalized spacial score (nSPS) is 17.6. The molecule has 0 aromatic heterocycles. The molecule has 0 saturated heterocycles. The van der Waals surface area contributed by atoms with E-state index in [0.717, 1.165) is 18.7 Å². The molecule has 0 radical (unpaired) electrons. The Kier molecular flexibility index (Phi) is 3.53. The van der Waals surface area contributed by atoms with Gasteiger partial charge in [0, 0.05) is 12.0 Å². The van der Waals surface area contributed by atoms with Gasteiger partial charge in [-0.1, -0.05) is 34.6 Å². The zero-order valence-electron chi connectivity index (χ0n) is 10.5. The molecular weight excluding hydrogens is 188 g/mol. The fourth-order valence-corrected chi connectivity index (χ4v) is 1.44. The second kappa shape index (κ2) is 4.33. The molecular formula is C12H22N2O. The lowest BCUT2D eigenvalue weighted by molar-refractivity contribution is -0.128. The Morgan fingerprint density at radius 2 is 2.00 bits per heavy atom. The summed E-state index contributed by atoms with van der Waals surface area (Å²) >= 11 is 0. The van der Waals surface area contributed by atoms with E-state index < -0.39 is 0 Å². The quantitative estimate of drug-likeness (QED) is 0.705. The molecule has 3 nitrogen and oxygen atoms in total. The van der Waals surface area contributed by atoms with Gasteiger partial charge in [0.15, 0.2) is 0 Å². The van der Waals surface area contributed by atoms with Crippen molar-refractivity contribution >= 4 is 11.6 Å². The van der Waals surface area contributed by atoms with Gasteiger partial charge in [-0.2, -0.15) is 5.10 Å². The molecule has 15 heavy (non-hydrogen) atoms. The van der Waals surface area contributed by atoms with E-state index in [2.05, 4.69) is 39.7 Å². The Balaban J connectivity index is 2.60. The van der Waals surface area contributed by atoms with Crippen molar-refractivity contribution in [2.45, 2.75) is 47.5 Å². The van der Waals surface area contributed by atoms with Crippen molar-refractivity contribution in [1.29, 1.82) is 0 Å². The highest BCUT2D eigenvalue weighted by molar-refractivity contribution is 6.07. The van der Waals surface area contributed by atoms with Gasteiger partial charge in [0.25, 0.3) is 0 Å². The van der Waals surface area contributed by atoms with E-state index >= 15 is 0 Å². The molecule has 0 bridgehead atoms. The summed E-state index contributed by atoms with van der Waals surface area (Å²) in [5, 5.41) is 6.05. The molecule has 0 aromatic rings. The number of amides is 1. The van der Waals surface area contributed by atoms with Crippen LogP contribution in [0.2, 0.25) is 0 Å². The van der Waals surface area contributed by atoms with Crippen LogP contribution in [0.4, 0.5) is 0 Å². The van der Waals surface area contributed by atoms with Crippen molar-refractivity contribution in [3.05, 3.63) is 0 Å². The minimum Gasteiger partial charge on any atom is -0.273 e. The number of nitrogens with zero attached hydrogens (tertiary/aromatic N) is 2. The van der Waals surface area contributed by atoms with Crippen LogP contribution in [0.15, 0.2) is 5.10 Å². The topological polar surface area (TPSA) is 32.7 Å². The van der Waals surface area contributed by atoms with Crippen molar-refractivity contribution in [3.8, 4) is 0 Å². The third-order valence-electron chi connectivity index (χ3n) is 2.63. The van der Waals surface area contributed by atoms with Gasteiger partial charge in [-0.15, -0.1) is 0 Å². The Morgan fingerprint density at radius 3 is 2.40 bits per heavy atom. The highest BCUT2D eigenvalue weighted by atomic mass is 16.2. The molecule has 1 amide bonds. The molecule has 0 spiro atoms. The second-order valence-electron chi connectivity index (χ2n) is 5.67. The molecule has 0 atom stereocenters. The predicted molar refractivity (Wildman–Crippen MR) is 62.7 cm³/mol. The van der Waals surface area contributed by atoms with Crippen molar-refractivity contribution in [1.82, 2.24) is 5.01 Å². The van der Waals surface area contributed by atoms with Gasteiger partial charge in [0.1, 0.15) is 0 Å². The Labute approximate surface area is 92.5 Å². The summed E-state index contributed by atoms with van der Waals surface area (Å²) < 4.78 is 0. The Morgan fingerprint density at radius 1 is 1.40 bits per heavy atom. The van der Waals surface area contributed by atoms with E-state index in [1.165, 1.54) is 0 Å². The number of hydrogen-bond donors (Lipinski definition) is 0. The fraction of sp³-hybridized carbons (Fsp3) is 0.833. The van der Waals surface area contributed by atoms with Gasteiger partial charge in [-0.25, -0.2) is 5.01 Å². The first-order valence-corrected chi connectivity index (χ1v) is 5.69. The summed E-state index contributed by atoms with van der Waals surface area (Å²) in [7, 11) is 0. The average Bonchev–Trinajstić information content (AvgIpc) is 2.42. The zero-order valence-corrected chi connectivity index (χ0v) is 10.5. The molecule has 0 unspecified atom stereocenters. The number of hydrazone groups is 1. The maximum absolute atomic E-state index is 11.7. The van der Waals surface area contributed by atoms with Gasteiger partial charge in [0.2, 0.25) is 5.91 Å². The van der Waals surface area contributed by atoms with E-state index in [0.29, 0.717) is 12.3 Å². The van der Waals surface area contributed by atoms with Crippen LogP contribution < -0.4 is 0 Å². The van der Waals surface area contributed by atoms with Crippen molar-refractivity contribution in [3.63, 3.8) is 0 Å². The molecule has 86 valence electrons. The van der Waals surface area contributed by atoms with Crippen LogP contribution in [-0.2, 0) is 4.79 Å². The molecule has 1 rings (SSSR count). The number of carbonyl (C=O) groups excluding carboxylic acids is 1. The molecule has 1 heterocycles. The minimum absolute atomic E-state index is 0.0161. The molecule has 0 fully saturated rings. The van der Waals surface area contributed by atoms with Crippen LogP contribution >= 0.6 is 0 Å². The lowest BCUT2D eigenvalue weighted by Crippen LogP contribution is -2.23. The first-order chi connectivity index (χ1) is 6.80. The molecule has 0 aromatic carbocycles. The summed E-state index contributed by atoms with van der Waals surface area (Å²) in [6.07, 6.45) is 1.52. The van der Waals surface area contributed by atoms with Crippen LogP contribution in [-0.4, -0.2) is 23.2 Å². The third kappa shape index (κ3) is 3.33. The molecule has 0 N–H and O–H groups in total. The molecule has 1 aliphatic rings. The van der Waals surface area contributed by atoms with Gasteiger partial charge in [-0.05, 0) is 12.3 Å². The Hall–Kier alpha value is -0.860. The highest BCUT2D eigenvalue weighted by Crippen LogP contribution is 2.24. The fourth-order valence-electron chi connectivity index (χ4n) is 1.44. The largest absolute Gasteiger partial charge is 0.273 e. The Bertz CT molecular complexity index is 274. The van der Waals surface area contributed by atoms with Crippen LogP contribution in [0, 0.1) is 11.3 Å². The van der Waals surface area contributed by atoms with E-state index in [1.54, 1.807) is 5.01 Å². The third-order valence-corrected chi connectivity index (χ3v) is 2.63. The van der Waals surface area contributed by atoms with Crippen LogP contribution in [0.3, 0.4) is 0 Å². The molecule has 1 aliphatic heterocycles. The summed E-state index contributed by atoms with van der Waals surface area (Å²) in [5.41, 5.74) is 1.03. The number of rotatable bonds is 3. The zero-order chi connectivity index (χ0) is 11.6. The average molecular weight is 210 g/mol. The van der Waals surface area contributed by atoms with Gasteiger partial charge in [0.05, 0.1) is 12.1 Å². The molecule has 0 saturated carbocycles. The lowest BCUT2D eigenvalue weighted by Gasteiger charge is -2.16. The van der Waals surface area contributed by atoms with E-state index in [-0.39, 0.29) is 11.3 Å². The number of hydrogen-bond acceptors (Lipinski definition) is 2. The van der Waals surface area contributed by atoms with Gasteiger partial charge >= 0.3 is 0 Å². The van der Waals surface area contributed by atoms with E-state index in [4.69, 9.17) is 0 Å². The maximum atomic E-state index is 11.7. The minimum atomic E-state index is 0.0161. The van der Waals surface area contributed by atoms with Gasteiger partial charge in [-0.3, -0.25) is 4.79 Å². The smallest absolute Gasteiger partial charge is 0.248 e. The summed E-state index contributed by atoms with van der Waals surface area (Å²) in [6.45, 7) is 11.4. The first kappa shape index (κ1) is 12.2. The first-order valence-electron chi connectivity index (χ1n) is 5.69. The number of carbonyl (C=O) groups is 1. The predicted octanol–water partition coefficient (Wildman–Crippen LogP) is 2.67.